The SMILES string of the molecule is O=C1CCc2cc(-c3csc(NCCc4cccs4)n3)ccc2N1. The number of carbonyl (C=O) groups excluding carboxylic acids is 1. The molecular weight excluding hydrogens is 338 g/mol. The van der Waals surface area contributed by atoms with Crippen LogP contribution in [0.5, 0.6) is 0 Å². The lowest BCUT2D eigenvalue weighted by Gasteiger charge is -2.17. The minimum atomic E-state index is 0.0983. The summed E-state index contributed by atoms with van der Waals surface area (Å²) >= 11 is 3.42. The molecule has 0 bridgehead atoms. The number of hydrogen-bond donors (Lipinski definition) is 2. The molecule has 1 aromatic carbocycles. The van der Waals surface area contributed by atoms with Crippen LogP contribution in [0.15, 0.2) is 41.1 Å². The van der Waals surface area contributed by atoms with Crippen LogP contribution in [0, 0.1) is 0 Å². The fourth-order valence-corrected chi connectivity index (χ4v) is 4.24. The minimum absolute atomic E-state index is 0.0983. The first-order valence-electron chi connectivity index (χ1n) is 7.93. The first-order valence-corrected chi connectivity index (χ1v) is 9.69. The molecular formula is C18H17N3OS2. The summed E-state index contributed by atoms with van der Waals surface area (Å²) in [6.07, 6.45) is 2.37. The Morgan fingerprint density at radius 2 is 2.17 bits per heavy atom. The summed E-state index contributed by atoms with van der Waals surface area (Å²) in [5.74, 6) is 0.0983. The van der Waals surface area contributed by atoms with Crippen LogP contribution in [-0.4, -0.2) is 17.4 Å². The number of thiazole rings is 1. The second-order valence-corrected chi connectivity index (χ2v) is 7.60. The van der Waals surface area contributed by atoms with E-state index in [9.17, 15) is 4.79 Å². The van der Waals surface area contributed by atoms with Crippen molar-refractivity contribution >= 4 is 39.4 Å². The maximum absolute atomic E-state index is 11.4. The molecule has 0 saturated heterocycles. The van der Waals surface area contributed by atoms with Crippen molar-refractivity contribution in [1.82, 2.24) is 4.98 Å². The summed E-state index contributed by atoms with van der Waals surface area (Å²) < 4.78 is 0. The maximum atomic E-state index is 11.4. The lowest BCUT2D eigenvalue weighted by atomic mass is 9.99. The smallest absolute Gasteiger partial charge is 0.224 e. The van der Waals surface area contributed by atoms with E-state index in [1.54, 1.807) is 22.7 Å². The van der Waals surface area contributed by atoms with Gasteiger partial charge in [0.25, 0.3) is 0 Å². The largest absolute Gasteiger partial charge is 0.361 e. The number of aromatic nitrogens is 1. The molecule has 6 heteroatoms. The van der Waals surface area contributed by atoms with Gasteiger partial charge in [-0.05, 0) is 42.0 Å². The number of anilines is 2. The zero-order valence-corrected chi connectivity index (χ0v) is 14.7. The van der Waals surface area contributed by atoms with Gasteiger partial charge in [-0.1, -0.05) is 12.1 Å². The molecule has 0 radical (unpaired) electrons. The van der Waals surface area contributed by atoms with Crippen LogP contribution >= 0.6 is 22.7 Å². The van der Waals surface area contributed by atoms with E-state index in [-0.39, 0.29) is 5.91 Å². The molecule has 1 aliphatic rings. The average Bonchev–Trinajstić information content (AvgIpc) is 3.26. The molecule has 0 unspecified atom stereocenters. The van der Waals surface area contributed by atoms with Gasteiger partial charge in [0.2, 0.25) is 5.91 Å². The van der Waals surface area contributed by atoms with E-state index in [1.165, 1.54) is 10.4 Å². The number of amides is 1. The van der Waals surface area contributed by atoms with Crippen LogP contribution in [0.2, 0.25) is 0 Å². The molecule has 24 heavy (non-hydrogen) atoms. The van der Waals surface area contributed by atoms with Crippen LogP contribution < -0.4 is 10.6 Å². The monoisotopic (exact) mass is 355 g/mol. The molecule has 4 nitrogen and oxygen atoms in total. The number of aryl methyl sites for hydroxylation is 1. The standard InChI is InChI=1S/C18H17N3OS2/c22-17-6-4-12-10-13(3-5-15(12)20-17)16-11-24-18(21-16)19-8-7-14-2-1-9-23-14/h1-3,5,9-11H,4,6-8H2,(H,19,21)(H,20,22). The predicted octanol–water partition coefficient (Wildman–Crippen LogP) is 4.41. The second kappa shape index (κ2) is 6.75. The highest BCUT2D eigenvalue weighted by Crippen LogP contribution is 2.30. The molecule has 1 amide bonds. The maximum Gasteiger partial charge on any atom is 0.224 e. The number of nitrogens with one attached hydrogen (secondary N) is 2. The highest BCUT2D eigenvalue weighted by molar-refractivity contribution is 7.14. The summed E-state index contributed by atoms with van der Waals surface area (Å²) in [5.41, 5.74) is 4.21. The van der Waals surface area contributed by atoms with Crippen molar-refractivity contribution < 1.29 is 4.79 Å². The van der Waals surface area contributed by atoms with E-state index in [4.69, 9.17) is 0 Å². The van der Waals surface area contributed by atoms with Gasteiger partial charge in [-0.25, -0.2) is 4.98 Å². The van der Waals surface area contributed by atoms with Gasteiger partial charge < -0.3 is 10.6 Å². The first-order chi connectivity index (χ1) is 11.8. The molecule has 0 aliphatic carbocycles. The Hall–Kier alpha value is -2.18. The number of hydrogen-bond acceptors (Lipinski definition) is 5. The quantitative estimate of drug-likeness (QED) is 0.713. The van der Waals surface area contributed by atoms with Gasteiger partial charge in [-0.15, -0.1) is 22.7 Å². The Morgan fingerprint density at radius 1 is 1.21 bits per heavy atom. The molecule has 4 rings (SSSR count). The van der Waals surface area contributed by atoms with Crippen molar-refractivity contribution in [3.8, 4) is 11.3 Å². The Bertz CT molecular complexity index is 855. The van der Waals surface area contributed by atoms with Gasteiger partial charge >= 0.3 is 0 Å². The Labute approximate surface area is 148 Å². The van der Waals surface area contributed by atoms with Crippen LogP contribution in [0.4, 0.5) is 10.8 Å². The Balaban J connectivity index is 1.43. The summed E-state index contributed by atoms with van der Waals surface area (Å²) in [6, 6.07) is 10.4. The number of benzene rings is 1. The lowest BCUT2D eigenvalue weighted by molar-refractivity contribution is -0.116. The van der Waals surface area contributed by atoms with Crippen molar-refractivity contribution in [1.29, 1.82) is 0 Å². The molecule has 1 aliphatic heterocycles. The van der Waals surface area contributed by atoms with E-state index in [1.807, 2.05) is 12.1 Å². The van der Waals surface area contributed by atoms with Gasteiger partial charge in [0.1, 0.15) is 0 Å². The van der Waals surface area contributed by atoms with Gasteiger partial charge in [0.05, 0.1) is 5.69 Å². The third kappa shape index (κ3) is 3.34. The highest BCUT2D eigenvalue weighted by atomic mass is 32.1. The van der Waals surface area contributed by atoms with Gasteiger partial charge in [0, 0.05) is 34.5 Å². The van der Waals surface area contributed by atoms with Crippen LogP contribution in [0.3, 0.4) is 0 Å². The summed E-state index contributed by atoms with van der Waals surface area (Å²) in [7, 11) is 0. The molecule has 3 heterocycles. The summed E-state index contributed by atoms with van der Waals surface area (Å²) in [4.78, 5) is 17.5. The molecule has 122 valence electrons. The fraction of sp³-hybridized carbons (Fsp3) is 0.222. The average molecular weight is 355 g/mol. The second-order valence-electron chi connectivity index (χ2n) is 5.71. The van der Waals surface area contributed by atoms with Crippen molar-refractivity contribution in [2.24, 2.45) is 0 Å². The van der Waals surface area contributed by atoms with Gasteiger partial charge in [0.15, 0.2) is 5.13 Å². The molecule has 3 aromatic rings. The third-order valence-corrected chi connectivity index (χ3v) is 5.76. The van der Waals surface area contributed by atoms with Crippen LogP contribution in [0.25, 0.3) is 11.3 Å². The van der Waals surface area contributed by atoms with E-state index in [0.717, 1.165) is 41.5 Å². The third-order valence-electron chi connectivity index (χ3n) is 4.03. The van der Waals surface area contributed by atoms with Crippen molar-refractivity contribution in [3.63, 3.8) is 0 Å². The van der Waals surface area contributed by atoms with E-state index >= 15 is 0 Å². The van der Waals surface area contributed by atoms with Crippen LogP contribution in [0.1, 0.15) is 16.9 Å². The molecule has 0 fully saturated rings. The molecule has 2 N–H and O–H groups in total. The molecule has 2 aromatic heterocycles. The van der Waals surface area contributed by atoms with Crippen molar-refractivity contribution in [3.05, 3.63) is 51.5 Å². The highest BCUT2D eigenvalue weighted by Gasteiger charge is 2.15. The normalized spacial score (nSPS) is 13.4. The van der Waals surface area contributed by atoms with Crippen molar-refractivity contribution in [2.45, 2.75) is 19.3 Å². The summed E-state index contributed by atoms with van der Waals surface area (Å²) in [6.45, 7) is 0.893. The first kappa shape index (κ1) is 15.4. The zero-order chi connectivity index (χ0) is 16.4. The number of carbonyl (C=O) groups is 1. The number of thiophene rings is 1. The predicted molar refractivity (Wildman–Crippen MR) is 101 cm³/mol. The van der Waals surface area contributed by atoms with E-state index in [0.29, 0.717) is 6.42 Å². The number of nitrogens with zero attached hydrogens (tertiary/aromatic N) is 1. The lowest BCUT2D eigenvalue weighted by Crippen LogP contribution is -2.18. The van der Waals surface area contributed by atoms with E-state index in [2.05, 4.69) is 44.6 Å². The minimum Gasteiger partial charge on any atom is -0.361 e. The zero-order valence-electron chi connectivity index (χ0n) is 13.0. The topological polar surface area (TPSA) is 54.0 Å². The van der Waals surface area contributed by atoms with Gasteiger partial charge in [-0.2, -0.15) is 0 Å². The Kier molecular flexibility index (Phi) is 4.32. The molecule has 0 atom stereocenters. The van der Waals surface area contributed by atoms with Crippen LogP contribution in [-0.2, 0) is 17.6 Å². The van der Waals surface area contributed by atoms with Gasteiger partial charge in [-0.3, -0.25) is 4.79 Å². The number of rotatable bonds is 5. The number of fused-ring (bicyclic) bond motifs is 1. The molecule has 0 spiro atoms. The molecule has 0 saturated carbocycles. The fourth-order valence-electron chi connectivity index (χ4n) is 2.78. The van der Waals surface area contributed by atoms with Crippen molar-refractivity contribution in [2.75, 3.05) is 17.2 Å². The van der Waals surface area contributed by atoms with E-state index < -0.39 is 0 Å². The Morgan fingerprint density at radius 3 is 3.04 bits per heavy atom. The summed E-state index contributed by atoms with van der Waals surface area (Å²) in [5, 5.41) is 11.5.